The Morgan fingerprint density at radius 3 is 2.74 bits per heavy atom. The number of nitrogens with zero attached hydrogens (tertiary/aromatic N) is 2. The summed E-state index contributed by atoms with van der Waals surface area (Å²) in [6.45, 7) is 3.59. The van der Waals surface area contributed by atoms with Crippen LogP contribution in [0.4, 0.5) is 4.39 Å². The van der Waals surface area contributed by atoms with Crippen molar-refractivity contribution >= 4 is 15.9 Å². The number of aromatic nitrogens is 2. The van der Waals surface area contributed by atoms with E-state index in [0.29, 0.717) is 16.8 Å². The molecule has 1 N–H and O–H groups in total. The average molecular weight is 325 g/mol. The van der Waals surface area contributed by atoms with Crippen LogP contribution in [0, 0.1) is 19.7 Å². The first-order chi connectivity index (χ1) is 8.97. The van der Waals surface area contributed by atoms with Gasteiger partial charge in [0.25, 0.3) is 0 Å². The van der Waals surface area contributed by atoms with Gasteiger partial charge in [0.05, 0.1) is 17.5 Å². The quantitative estimate of drug-likeness (QED) is 0.942. The zero-order chi connectivity index (χ0) is 14.0. The number of halogens is 2. The molecule has 1 aromatic carbocycles. The highest BCUT2D eigenvalue weighted by Crippen LogP contribution is 2.24. The van der Waals surface area contributed by atoms with Crippen LogP contribution < -0.4 is 0 Å². The molecule has 2 aromatic rings. The normalized spacial score (nSPS) is 12.5. The Hall–Kier alpha value is -1.33. The van der Waals surface area contributed by atoms with Crippen LogP contribution in [0.2, 0.25) is 0 Å². The van der Waals surface area contributed by atoms with Crippen LogP contribution in [0.3, 0.4) is 0 Å². The molecule has 1 unspecified atom stereocenters. The average Bonchev–Trinajstić information content (AvgIpc) is 2.36. The van der Waals surface area contributed by atoms with Crippen LogP contribution >= 0.6 is 15.9 Å². The zero-order valence-corrected chi connectivity index (χ0v) is 12.3. The highest BCUT2D eigenvalue weighted by Gasteiger charge is 2.15. The number of benzene rings is 1. The van der Waals surface area contributed by atoms with Crippen molar-refractivity contribution in [2.24, 2.45) is 0 Å². The van der Waals surface area contributed by atoms with Crippen LogP contribution in [-0.2, 0) is 6.42 Å². The van der Waals surface area contributed by atoms with Gasteiger partial charge >= 0.3 is 0 Å². The monoisotopic (exact) mass is 324 g/mol. The fourth-order valence-corrected chi connectivity index (χ4v) is 2.33. The summed E-state index contributed by atoms with van der Waals surface area (Å²) < 4.78 is 14.5. The van der Waals surface area contributed by atoms with E-state index in [1.165, 1.54) is 6.07 Å². The fourth-order valence-electron chi connectivity index (χ4n) is 1.93. The van der Waals surface area contributed by atoms with E-state index in [-0.39, 0.29) is 12.2 Å². The van der Waals surface area contributed by atoms with Gasteiger partial charge < -0.3 is 5.11 Å². The van der Waals surface area contributed by atoms with Gasteiger partial charge in [0.1, 0.15) is 5.82 Å². The van der Waals surface area contributed by atoms with Gasteiger partial charge in [-0.1, -0.05) is 15.9 Å². The predicted octanol–water partition coefficient (Wildman–Crippen LogP) is 3.27. The molecule has 0 saturated carbocycles. The summed E-state index contributed by atoms with van der Waals surface area (Å²) in [7, 11) is 0. The van der Waals surface area contributed by atoms with E-state index in [4.69, 9.17) is 0 Å². The van der Waals surface area contributed by atoms with Gasteiger partial charge in [-0.15, -0.1) is 0 Å². The minimum absolute atomic E-state index is 0.206. The Labute approximate surface area is 119 Å². The second-order valence-corrected chi connectivity index (χ2v) is 5.40. The largest absolute Gasteiger partial charge is 0.388 e. The molecular formula is C14H14BrFN2O. The summed E-state index contributed by atoms with van der Waals surface area (Å²) in [6, 6.07) is 6.47. The van der Waals surface area contributed by atoms with Crippen LogP contribution in [0.25, 0.3) is 0 Å². The van der Waals surface area contributed by atoms with Crippen molar-refractivity contribution in [3.8, 4) is 0 Å². The molecule has 100 valence electrons. The van der Waals surface area contributed by atoms with E-state index >= 15 is 0 Å². The van der Waals surface area contributed by atoms with Crippen LogP contribution in [-0.4, -0.2) is 15.3 Å². The van der Waals surface area contributed by atoms with Crippen LogP contribution in [0.15, 0.2) is 28.7 Å². The zero-order valence-electron chi connectivity index (χ0n) is 10.7. The molecule has 1 heterocycles. The second-order valence-electron chi connectivity index (χ2n) is 4.48. The van der Waals surface area contributed by atoms with E-state index in [2.05, 4.69) is 26.1 Å². The lowest BCUT2D eigenvalue weighted by Crippen LogP contribution is -2.08. The van der Waals surface area contributed by atoms with E-state index in [9.17, 15) is 9.50 Å². The Bertz CT molecular complexity index is 604. The predicted molar refractivity (Wildman–Crippen MR) is 74.3 cm³/mol. The topological polar surface area (TPSA) is 46.0 Å². The maximum atomic E-state index is 13.7. The minimum atomic E-state index is -0.794. The first-order valence-electron chi connectivity index (χ1n) is 5.90. The van der Waals surface area contributed by atoms with Gasteiger partial charge in [0.2, 0.25) is 0 Å². The van der Waals surface area contributed by atoms with E-state index < -0.39 is 6.10 Å². The Morgan fingerprint density at radius 1 is 1.26 bits per heavy atom. The number of aliphatic hydroxyl groups excluding tert-OH is 1. The molecular weight excluding hydrogens is 311 g/mol. The van der Waals surface area contributed by atoms with E-state index in [1.807, 2.05) is 6.92 Å². The maximum absolute atomic E-state index is 13.7. The van der Waals surface area contributed by atoms with E-state index in [1.54, 1.807) is 25.1 Å². The molecule has 1 atom stereocenters. The molecule has 0 radical (unpaired) electrons. The lowest BCUT2D eigenvalue weighted by atomic mass is 10.00. The minimum Gasteiger partial charge on any atom is -0.388 e. The molecule has 0 aliphatic carbocycles. The SMILES string of the molecule is Cc1cc(C(O)Cc2cc(Br)ccc2F)c(C)nn1. The number of hydrogen-bond acceptors (Lipinski definition) is 3. The molecule has 3 nitrogen and oxygen atoms in total. The van der Waals surface area contributed by atoms with Crippen molar-refractivity contribution in [1.82, 2.24) is 10.2 Å². The molecule has 0 fully saturated rings. The molecule has 0 aliphatic heterocycles. The first-order valence-corrected chi connectivity index (χ1v) is 6.69. The van der Waals surface area contributed by atoms with Crippen molar-refractivity contribution in [2.45, 2.75) is 26.4 Å². The van der Waals surface area contributed by atoms with Crippen molar-refractivity contribution in [3.63, 3.8) is 0 Å². The maximum Gasteiger partial charge on any atom is 0.126 e. The standard InChI is InChI=1S/C14H14BrFN2O/c1-8-5-12(9(2)18-17-8)14(19)7-10-6-11(15)3-4-13(10)16/h3-6,14,19H,7H2,1-2H3. The van der Waals surface area contributed by atoms with Gasteiger partial charge in [-0.05, 0) is 43.7 Å². The third-order valence-electron chi connectivity index (χ3n) is 2.92. The highest BCUT2D eigenvalue weighted by atomic mass is 79.9. The molecule has 1 aromatic heterocycles. The molecule has 0 bridgehead atoms. The summed E-state index contributed by atoms with van der Waals surface area (Å²) in [5.74, 6) is -0.321. The molecule has 2 rings (SSSR count). The number of aryl methyl sites for hydroxylation is 2. The second kappa shape index (κ2) is 5.75. The third-order valence-corrected chi connectivity index (χ3v) is 3.41. The fraction of sp³-hybridized carbons (Fsp3) is 0.286. The van der Waals surface area contributed by atoms with Crippen molar-refractivity contribution < 1.29 is 9.50 Å². The van der Waals surface area contributed by atoms with Crippen LogP contribution in [0.1, 0.15) is 28.6 Å². The smallest absolute Gasteiger partial charge is 0.126 e. The molecule has 5 heteroatoms. The number of rotatable bonds is 3. The molecule has 0 saturated heterocycles. The van der Waals surface area contributed by atoms with Crippen molar-refractivity contribution in [2.75, 3.05) is 0 Å². The third kappa shape index (κ3) is 3.36. The van der Waals surface area contributed by atoms with Crippen LogP contribution in [0.5, 0.6) is 0 Å². The van der Waals surface area contributed by atoms with Crippen molar-refractivity contribution in [3.05, 3.63) is 57.1 Å². The highest BCUT2D eigenvalue weighted by molar-refractivity contribution is 9.10. The van der Waals surface area contributed by atoms with Gasteiger partial charge in [-0.25, -0.2) is 4.39 Å². The number of hydrogen-bond donors (Lipinski definition) is 1. The Morgan fingerprint density at radius 2 is 2.00 bits per heavy atom. The summed E-state index contributed by atoms with van der Waals surface area (Å²) in [5.41, 5.74) is 2.55. The van der Waals surface area contributed by atoms with Gasteiger partial charge in [0, 0.05) is 16.5 Å². The molecule has 0 amide bonds. The summed E-state index contributed by atoms with van der Waals surface area (Å²) in [5, 5.41) is 18.1. The van der Waals surface area contributed by atoms with Gasteiger partial charge in [-0.3, -0.25) is 0 Å². The summed E-state index contributed by atoms with van der Waals surface area (Å²) >= 11 is 3.30. The van der Waals surface area contributed by atoms with E-state index in [0.717, 1.165) is 10.2 Å². The number of aliphatic hydroxyl groups is 1. The Kier molecular flexibility index (Phi) is 4.27. The lowest BCUT2D eigenvalue weighted by Gasteiger charge is -2.14. The van der Waals surface area contributed by atoms with Gasteiger partial charge in [-0.2, -0.15) is 10.2 Å². The lowest BCUT2D eigenvalue weighted by molar-refractivity contribution is 0.175. The van der Waals surface area contributed by atoms with Crippen molar-refractivity contribution in [1.29, 1.82) is 0 Å². The molecule has 0 spiro atoms. The molecule has 0 aliphatic rings. The summed E-state index contributed by atoms with van der Waals surface area (Å²) in [4.78, 5) is 0. The molecule has 19 heavy (non-hydrogen) atoms. The Balaban J connectivity index is 2.27. The summed E-state index contributed by atoms with van der Waals surface area (Å²) in [6.07, 6.45) is -0.588. The van der Waals surface area contributed by atoms with Gasteiger partial charge in [0.15, 0.2) is 0 Å². The first kappa shape index (κ1) is 14.1.